The lowest BCUT2D eigenvalue weighted by atomic mass is 9.85. The van der Waals surface area contributed by atoms with Crippen LogP contribution in [0.25, 0.3) is 0 Å². The predicted octanol–water partition coefficient (Wildman–Crippen LogP) is 2.19. The van der Waals surface area contributed by atoms with E-state index in [0.29, 0.717) is 28.9 Å². The second-order valence-electron chi connectivity index (χ2n) is 5.91. The largest absolute Gasteiger partial charge is 0.504 e. The number of aromatic hydroxyl groups is 2. The van der Waals surface area contributed by atoms with Crippen molar-refractivity contribution in [2.75, 3.05) is 5.32 Å². The zero-order chi connectivity index (χ0) is 16.8. The number of fused-ring (bicyclic) bond motifs is 1. The number of nitriles is 1. The Morgan fingerprint density at radius 2 is 2.12 bits per heavy atom. The van der Waals surface area contributed by atoms with E-state index in [0.717, 1.165) is 18.5 Å². The molecule has 1 aliphatic heterocycles. The summed E-state index contributed by atoms with van der Waals surface area (Å²) >= 11 is 0. The minimum atomic E-state index is -0.530. The Kier molecular flexibility index (Phi) is 3.06. The standard InChI is InChI=1S/C17H14N4O3/c18-7-10-8-19-21-16(9-4-5-12(22)14(24)6-9)15-11(20-17(10)21)2-1-3-13(15)23/h4-6,8,16,20,22,24H,1-3H2/t16-/m0/s1. The van der Waals surface area contributed by atoms with Crippen LogP contribution in [-0.2, 0) is 4.79 Å². The summed E-state index contributed by atoms with van der Waals surface area (Å²) in [5.74, 6) is 0.0883. The maximum atomic E-state index is 12.5. The molecule has 1 aromatic carbocycles. The van der Waals surface area contributed by atoms with Gasteiger partial charge in [0.2, 0.25) is 0 Å². The van der Waals surface area contributed by atoms with E-state index in [1.165, 1.54) is 18.3 Å². The van der Waals surface area contributed by atoms with E-state index in [-0.39, 0.29) is 17.3 Å². The van der Waals surface area contributed by atoms with E-state index in [1.807, 2.05) is 0 Å². The zero-order valence-corrected chi connectivity index (χ0v) is 12.7. The Bertz CT molecular complexity index is 936. The van der Waals surface area contributed by atoms with Crippen LogP contribution in [0.1, 0.15) is 36.4 Å². The van der Waals surface area contributed by atoms with Gasteiger partial charge in [-0.15, -0.1) is 0 Å². The van der Waals surface area contributed by atoms with Crippen LogP contribution in [0.4, 0.5) is 5.82 Å². The van der Waals surface area contributed by atoms with Gasteiger partial charge < -0.3 is 15.5 Å². The molecule has 24 heavy (non-hydrogen) atoms. The Labute approximate surface area is 137 Å². The van der Waals surface area contributed by atoms with Gasteiger partial charge in [0, 0.05) is 17.7 Å². The van der Waals surface area contributed by atoms with Crippen LogP contribution in [0.3, 0.4) is 0 Å². The Morgan fingerprint density at radius 3 is 2.88 bits per heavy atom. The minimum Gasteiger partial charge on any atom is -0.504 e. The van der Waals surface area contributed by atoms with Crippen molar-refractivity contribution in [1.29, 1.82) is 5.26 Å². The third-order valence-corrected chi connectivity index (χ3v) is 4.47. The maximum Gasteiger partial charge on any atom is 0.163 e. The molecule has 0 unspecified atom stereocenters. The van der Waals surface area contributed by atoms with Crippen LogP contribution in [0.5, 0.6) is 11.5 Å². The minimum absolute atomic E-state index is 0.0287. The summed E-state index contributed by atoms with van der Waals surface area (Å²) in [4.78, 5) is 12.5. The van der Waals surface area contributed by atoms with Crippen LogP contribution < -0.4 is 5.32 Å². The predicted molar refractivity (Wildman–Crippen MR) is 84.4 cm³/mol. The van der Waals surface area contributed by atoms with Crippen molar-refractivity contribution in [1.82, 2.24) is 9.78 Å². The highest BCUT2D eigenvalue weighted by molar-refractivity contribution is 5.99. The van der Waals surface area contributed by atoms with Crippen LogP contribution >= 0.6 is 0 Å². The summed E-state index contributed by atoms with van der Waals surface area (Å²) in [7, 11) is 0. The first-order valence-electron chi connectivity index (χ1n) is 7.63. The molecule has 0 fully saturated rings. The van der Waals surface area contributed by atoms with E-state index in [9.17, 15) is 20.3 Å². The highest BCUT2D eigenvalue weighted by Crippen LogP contribution is 2.42. The number of allylic oxidation sites excluding steroid dienone is 2. The SMILES string of the molecule is N#Cc1cnn2c1NC1=C(C(=O)CCC1)[C@@H]2c1ccc(O)c(O)c1. The number of nitrogens with one attached hydrogen (secondary N) is 1. The quantitative estimate of drug-likeness (QED) is 0.694. The molecule has 4 rings (SSSR count). The number of carbonyl (C=O) groups is 1. The van der Waals surface area contributed by atoms with Gasteiger partial charge in [-0.2, -0.15) is 10.4 Å². The number of nitrogens with zero attached hydrogens (tertiary/aromatic N) is 3. The van der Waals surface area contributed by atoms with E-state index < -0.39 is 6.04 Å². The molecule has 7 heteroatoms. The van der Waals surface area contributed by atoms with Crippen LogP contribution in [-0.4, -0.2) is 25.8 Å². The fourth-order valence-electron chi connectivity index (χ4n) is 3.36. The van der Waals surface area contributed by atoms with Gasteiger partial charge in [-0.25, -0.2) is 4.68 Å². The molecule has 1 aromatic heterocycles. The molecule has 2 heterocycles. The van der Waals surface area contributed by atoms with Gasteiger partial charge in [0.25, 0.3) is 0 Å². The average molecular weight is 322 g/mol. The molecule has 0 saturated carbocycles. The fourth-order valence-corrected chi connectivity index (χ4v) is 3.36. The van der Waals surface area contributed by atoms with Gasteiger partial charge in [-0.1, -0.05) is 6.07 Å². The molecule has 0 saturated heterocycles. The van der Waals surface area contributed by atoms with Crippen LogP contribution in [0, 0.1) is 11.3 Å². The number of rotatable bonds is 1. The maximum absolute atomic E-state index is 12.5. The molecule has 2 aromatic rings. The van der Waals surface area contributed by atoms with Crippen molar-refractivity contribution in [3.8, 4) is 17.6 Å². The van der Waals surface area contributed by atoms with Gasteiger partial charge in [0.15, 0.2) is 17.3 Å². The highest BCUT2D eigenvalue weighted by Gasteiger charge is 2.36. The summed E-state index contributed by atoms with van der Waals surface area (Å²) in [6.45, 7) is 0. The Hall–Kier alpha value is -3.27. The first-order valence-corrected chi connectivity index (χ1v) is 7.63. The molecular weight excluding hydrogens is 308 g/mol. The smallest absolute Gasteiger partial charge is 0.163 e. The van der Waals surface area contributed by atoms with Crippen molar-refractivity contribution >= 4 is 11.6 Å². The summed E-state index contributed by atoms with van der Waals surface area (Å²) in [5, 5.41) is 36.1. The lowest BCUT2D eigenvalue weighted by molar-refractivity contribution is -0.116. The molecule has 7 nitrogen and oxygen atoms in total. The molecule has 2 aliphatic rings. The molecule has 120 valence electrons. The van der Waals surface area contributed by atoms with Gasteiger partial charge in [-0.05, 0) is 30.5 Å². The third kappa shape index (κ3) is 1.97. The van der Waals surface area contributed by atoms with Crippen molar-refractivity contribution in [3.63, 3.8) is 0 Å². The number of aromatic nitrogens is 2. The van der Waals surface area contributed by atoms with Crippen molar-refractivity contribution in [2.24, 2.45) is 0 Å². The molecule has 0 amide bonds. The summed E-state index contributed by atoms with van der Waals surface area (Å²) < 4.78 is 1.59. The van der Waals surface area contributed by atoms with Crippen molar-refractivity contribution in [2.45, 2.75) is 25.3 Å². The first kappa shape index (κ1) is 14.3. The number of benzene rings is 1. The number of anilines is 1. The lowest BCUT2D eigenvalue weighted by Gasteiger charge is -2.33. The van der Waals surface area contributed by atoms with Gasteiger partial charge in [0.05, 0.1) is 6.20 Å². The first-order chi connectivity index (χ1) is 11.6. The Balaban J connectivity index is 1.95. The number of hydrogen-bond acceptors (Lipinski definition) is 6. The lowest BCUT2D eigenvalue weighted by Crippen LogP contribution is -2.31. The Morgan fingerprint density at radius 1 is 1.29 bits per heavy atom. The van der Waals surface area contributed by atoms with E-state index in [1.54, 1.807) is 10.7 Å². The van der Waals surface area contributed by atoms with Crippen molar-refractivity contribution in [3.05, 3.63) is 46.8 Å². The van der Waals surface area contributed by atoms with Gasteiger partial charge in [0.1, 0.15) is 23.5 Å². The molecule has 1 atom stereocenters. The highest BCUT2D eigenvalue weighted by atomic mass is 16.3. The van der Waals surface area contributed by atoms with Crippen LogP contribution in [0.2, 0.25) is 0 Å². The van der Waals surface area contributed by atoms with E-state index in [4.69, 9.17) is 0 Å². The number of ketones is 1. The second-order valence-corrected chi connectivity index (χ2v) is 5.91. The second kappa shape index (κ2) is 5.13. The number of phenols is 2. The van der Waals surface area contributed by atoms with E-state index in [2.05, 4.69) is 16.5 Å². The monoisotopic (exact) mass is 322 g/mol. The van der Waals surface area contributed by atoms with Gasteiger partial charge >= 0.3 is 0 Å². The molecule has 0 spiro atoms. The summed E-state index contributed by atoms with van der Waals surface area (Å²) in [5.41, 5.74) is 2.43. The number of Topliss-reactive ketones (excluding diaryl/α,β-unsaturated/α-hetero) is 1. The van der Waals surface area contributed by atoms with E-state index >= 15 is 0 Å². The summed E-state index contributed by atoms with van der Waals surface area (Å²) in [6, 6.07) is 6.02. The number of carbonyl (C=O) groups excluding carboxylic acids is 1. The third-order valence-electron chi connectivity index (χ3n) is 4.47. The normalized spacial score (nSPS) is 19.3. The molecular formula is C17H14N4O3. The molecule has 0 radical (unpaired) electrons. The van der Waals surface area contributed by atoms with Gasteiger partial charge in [-0.3, -0.25) is 4.79 Å². The van der Waals surface area contributed by atoms with Crippen molar-refractivity contribution < 1.29 is 15.0 Å². The molecule has 1 aliphatic carbocycles. The molecule has 0 bridgehead atoms. The van der Waals surface area contributed by atoms with Crippen LogP contribution in [0.15, 0.2) is 35.7 Å². The molecule has 3 N–H and O–H groups in total. The number of phenolic OH excluding ortho intramolecular Hbond substituents is 2. The average Bonchev–Trinajstić information content (AvgIpc) is 2.98. The fraction of sp³-hybridized carbons (Fsp3) is 0.235. The number of hydrogen-bond donors (Lipinski definition) is 3. The topological polar surface area (TPSA) is 111 Å². The summed E-state index contributed by atoms with van der Waals surface area (Å²) in [6.07, 6.45) is 3.40. The zero-order valence-electron chi connectivity index (χ0n) is 12.7.